The van der Waals surface area contributed by atoms with Gasteiger partial charge in [0.25, 0.3) is 0 Å². The van der Waals surface area contributed by atoms with E-state index < -0.39 is 5.82 Å². The Morgan fingerprint density at radius 2 is 2.28 bits per heavy atom. The monoisotopic (exact) mass is 249 g/mol. The largest absolute Gasteiger partial charge is 0.485 e. The fourth-order valence-corrected chi connectivity index (χ4v) is 1.50. The summed E-state index contributed by atoms with van der Waals surface area (Å²) >= 11 is 0. The van der Waals surface area contributed by atoms with Gasteiger partial charge in [0.05, 0.1) is 5.56 Å². The molecule has 2 rings (SSSR count). The highest BCUT2D eigenvalue weighted by atomic mass is 19.1. The normalized spacial score (nSPS) is 10.4. The first-order chi connectivity index (χ1) is 8.58. The van der Waals surface area contributed by atoms with Gasteiger partial charge < -0.3 is 4.74 Å². The maximum absolute atomic E-state index is 13.1. The molecule has 0 aliphatic heterocycles. The van der Waals surface area contributed by atoms with E-state index >= 15 is 0 Å². The molecule has 0 amide bonds. The molecule has 18 heavy (non-hydrogen) atoms. The fraction of sp³-hybridized carbons (Fsp3) is 0.250. The van der Waals surface area contributed by atoms with Crippen molar-refractivity contribution < 1.29 is 13.9 Å². The van der Waals surface area contributed by atoms with E-state index in [1.54, 1.807) is 11.7 Å². The summed E-state index contributed by atoms with van der Waals surface area (Å²) in [6.45, 7) is 1.53. The van der Waals surface area contributed by atoms with E-state index in [-0.39, 0.29) is 18.0 Å². The molecule has 0 aliphatic rings. The molecule has 2 aromatic rings. The van der Waals surface area contributed by atoms with Gasteiger partial charge >= 0.3 is 0 Å². The predicted octanol–water partition coefficient (Wildman–Crippen LogP) is 1.74. The van der Waals surface area contributed by atoms with Crippen LogP contribution >= 0.6 is 0 Å². The first-order valence-corrected chi connectivity index (χ1v) is 5.34. The average molecular weight is 249 g/mol. The van der Waals surface area contributed by atoms with Gasteiger partial charge in [0.15, 0.2) is 11.6 Å². The van der Waals surface area contributed by atoms with Crippen LogP contribution in [-0.4, -0.2) is 20.5 Å². The van der Waals surface area contributed by atoms with Gasteiger partial charge in [-0.05, 0) is 25.1 Å². The molecular formula is C12H12FN3O2. The molecule has 0 saturated carbocycles. The van der Waals surface area contributed by atoms with Crippen molar-refractivity contribution in [2.24, 2.45) is 7.05 Å². The highest BCUT2D eigenvalue weighted by molar-refractivity contribution is 5.96. The lowest BCUT2D eigenvalue weighted by molar-refractivity contribution is 0.101. The number of ether oxygens (including phenoxy) is 1. The Hall–Kier alpha value is -2.24. The number of aryl methyl sites for hydroxylation is 1. The summed E-state index contributed by atoms with van der Waals surface area (Å²) in [5, 5.41) is 3.90. The third kappa shape index (κ3) is 2.53. The topological polar surface area (TPSA) is 57.0 Å². The number of Topliss-reactive ketones (excluding diaryl/α,β-unsaturated/α-hetero) is 1. The van der Waals surface area contributed by atoms with E-state index in [4.69, 9.17) is 4.74 Å². The average Bonchev–Trinajstić information content (AvgIpc) is 2.73. The number of carbonyl (C=O) groups excluding carboxylic acids is 1. The Balaban J connectivity index is 2.19. The van der Waals surface area contributed by atoms with E-state index in [2.05, 4.69) is 10.1 Å². The zero-order valence-electron chi connectivity index (χ0n) is 10.1. The number of aromatic nitrogens is 3. The minimum Gasteiger partial charge on any atom is -0.485 e. The molecule has 0 aliphatic carbocycles. The zero-order chi connectivity index (χ0) is 13.1. The Labute approximate surface area is 103 Å². The standard InChI is InChI=1S/C12H12FN3O2/c1-8(17)10-5-9(13)3-4-11(10)18-6-12-14-7-15-16(12)2/h3-5,7H,6H2,1-2H3. The third-order valence-electron chi connectivity index (χ3n) is 2.48. The van der Waals surface area contributed by atoms with Crippen molar-refractivity contribution in [1.29, 1.82) is 0 Å². The van der Waals surface area contributed by atoms with E-state index in [0.29, 0.717) is 11.6 Å². The number of rotatable bonds is 4. The molecule has 0 atom stereocenters. The quantitative estimate of drug-likeness (QED) is 0.774. The van der Waals surface area contributed by atoms with Crippen molar-refractivity contribution in [3.05, 3.63) is 41.7 Å². The van der Waals surface area contributed by atoms with Crippen LogP contribution in [-0.2, 0) is 13.7 Å². The molecule has 1 heterocycles. The Morgan fingerprint density at radius 3 is 2.89 bits per heavy atom. The molecule has 6 heteroatoms. The summed E-state index contributed by atoms with van der Waals surface area (Å²) in [4.78, 5) is 15.4. The highest BCUT2D eigenvalue weighted by Gasteiger charge is 2.11. The van der Waals surface area contributed by atoms with Crippen LogP contribution in [0.3, 0.4) is 0 Å². The minimum absolute atomic E-state index is 0.169. The molecule has 0 fully saturated rings. The van der Waals surface area contributed by atoms with Crippen LogP contribution in [0.25, 0.3) is 0 Å². The summed E-state index contributed by atoms with van der Waals surface area (Å²) in [5.41, 5.74) is 0.220. The number of nitrogens with zero attached hydrogens (tertiary/aromatic N) is 3. The molecule has 0 N–H and O–H groups in total. The summed E-state index contributed by atoms with van der Waals surface area (Å²) in [7, 11) is 1.74. The lowest BCUT2D eigenvalue weighted by Gasteiger charge is -2.09. The first kappa shape index (κ1) is 12.2. The maximum atomic E-state index is 13.1. The second-order valence-corrected chi connectivity index (χ2v) is 3.79. The minimum atomic E-state index is -0.466. The molecule has 1 aromatic heterocycles. The van der Waals surface area contributed by atoms with E-state index in [1.807, 2.05) is 0 Å². The van der Waals surface area contributed by atoms with Crippen LogP contribution in [0.4, 0.5) is 4.39 Å². The summed E-state index contributed by atoms with van der Waals surface area (Å²) in [6, 6.07) is 3.84. The van der Waals surface area contributed by atoms with Crippen molar-refractivity contribution >= 4 is 5.78 Å². The number of halogens is 1. The second-order valence-electron chi connectivity index (χ2n) is 3.79. The number of hydrogen-bond donors (Lipinski definition) is 0. The Kier molecular flexibility index (Phi) is 3.36. The van der Waals surface area contributed by atoms with Crippen LogP contribution in [0.1, 0.15) is 23.1 Å². The summed E-state index contributed by atoms with van der Waals surface area (Å²) in [5.74, 6) is 0.245. The van der Waals surface area contributed by atoms with E-state index in [0.717, 1.165) is 6.07 Å². The van der Waals surface area contributed by atoms with Crippen molar-refractivity contribution in [3.63, 3.8) is 0 Å². The summed E-state index contributed by atoms with van der Waals surface area (Å²) in [6.07, 6.45) is 1.41. The van der Waals surface area contributed by atoms with E-state index in [9.17, 15) is 9.18 Å². The number of benzene rings is 1. The lowest BCUT2D eigenvalue weighted by Crippen LogP contribution is -2.07. The Morgan fingerprint density at radius 1 is 1.50 bits per heavy atom. The summed E-state index contributed by atoms with van der Waals surface area (Å²) < 4.78 is 20.1. The first-order valence-electron chi connectivity index (χ1n) is 5.34. The van der Waals surface area contributed by atoms with Crippen LogP contribution in [0.15, 0.2) is 24.5 Å². The van der Waals surface area contributed by atoms with Crippen molar-refractivity contribution in [1.82, 2.24) is 14.8 Å². The molecule has 0 radical (unpaired) electrons. The van der Waals surface area contributed by atoms with Gasteiger partial charge in [-0.25, -0.2) is 9.37 Å². The molecule has 5 nitrogen and oxygen atoms in total. The number of carbonyl (C=O) groups is 1. The van der Waals surface area contributed by atoms with Crippen LogP contribution in [0.2, 0.25) is 0 Å². The highest BCUT2D eigenvalue weighted by Crippen LogP contribution is 2.21. The van der Waals surface area contributed by atoms with Crippen molar-refractivity contribution in [2.75, 3.05) is 0 Å². The fourth-order valence-electron chi connectivity index (χ4n) is 1.50. The van der Waals surface area contributed by atoms with Gasteiger partial charge in [0.2, 0.25) is 0 Å². The van der Waals surface area contributed by atoms with Crippen LogP contribution in [0, 0.1) is 5.82 Å². The smallest absolute Gasteiger partial charge is 0.164 e. The Bertz CT molecular complexity index is 580. The van der Waals surface area contributed by atoms with Gasteiger partial charge in [0, 0.05) is 7.05 Å². The molecule has 94 valence electrons. The van der Waals surface area contributed by atoms with Gasteiger partial charge in [0.1, 0.15) is 24.5 Å². The lowest BCUT2D eigenvalue weighted by atomic mass is 10.1. The SMILES string of the molecule is CC(=O)c1cc(F)ccc1OCc1ncnn1C. The van der Waals surface area contributed by atoms with Crippen LogP contribution < -0.4 is 4.74 Å². The molecule has 0 spiro atoms. The molecular weight excluding hydrogens is 237 g/mol. The molecule has 0 unspecified atom stereocenters. The number of ketones is 1. The third-order valence-corrected chi connectivity index (χ3v) is 2.48. The number of hydrogen-bond acceptors (Lipinski definition) is 4. The van der Waals surface area contributed by atoms with Gasteiger partial charge in [-0.1, -0.05) is 0 Å². The molecule has 1 aromatic carbocycles. The van der Waals surface area contributed by atoms with Crippen LogP contribution in [0.5, 0.6) is 5.75 Å². The van der Waals surface area contributed by atoms with Gasteiger partial charge in [-0.2, -0.15) is 5.10 Å². The molecule has 0 saturated heterocycles. The van der Waals surface area contributed by atoms with Gasteiger partial charge in [-0.15, -0.1) is 0 Å². The maximum Gasteiger partial charge on any atom is 0.164 e. The van der Waals surface area contributed by atoms with E-state index in [1.165, 1.54) is 25.4 Å². The zero-order valence-corrected chi connectivity index (χ0v) is 10.1. The molecule has 0 bridgehead atoms. The van der Waals surface area contributed by atoms with Crippen molar-refractivity contribution in [3.8, 4) is 5.75 Å². The van der Waals surface area contributed by atoms with Gasteiger partial charge in [-0.3, -0.25) is 9.48 Å². The predicted molar refractivity (Wildman–Crippen MR) is 61.7 cm³/mol. The second kappa shape index (κ2) is 4.95. The van der Waals surface area contributed by atoms with Crippen molar-refractivity contribution in [2.45, 2.75) is 13.5 Å².